The van der Waals surface area contributed by atoms with Crippen LogP contribution in [0.5, 0.6) is 0 Å². The van der Waals surface area contributed by atoms with E-state index < -0.39 is 35.9 Å². The molecule has 0 unspecified atom stereocenters. The summed E-state index contributed by atoms with van der Waals surface area (Å²) in [6.07, 6.45) is -3.08. The van der Waals surface area contributed by atoms with Crippen molar-refractivity contribution in [2.24, 2.45) is 0 Å². The molecule has 6 nitrogen and oxygen atoms in total. The van der Waals surface area contributed by atoms with E-state index in [2.05, 4.69) is 0 Å². The van der Waals surface area contributed by atoms with Crippen molar-refractivity contribution < 1.29 is 27.8 Å². The van der Waals surface area contributed by atoms with Gasteiger partial charge in [0, 0.05) is 13.1 Å². The molecule has 2 aromatic carbocycles. The van der Waals surface area contributed by atoms with Gasteiger partial charge in [0.2, 0.25) is 0 Å². The number of hydrogen-bond acceptors (Lipinski definition) is 4. The number of fused-ring (bicyclic) bond motifs is 1. The Bertz CT molecular complexity index is 1040. The fraction of sp³-hybridized carbons (Fsp3) is 0.462. The van der Waals surface area contributed by atoms with Gasteiger partial charge in [0.05, 0.1) is 19.2 Å². The van der Waals surface area contributed by atoms with Crippen LogP contribution in [-0.2, 0) is 20.7 Å². The Labute approximate surface area is 198 Å². The third kappa shape index (κ3) is 5.22. The van der Waals surface area contributed by atoms with Gasteiger partial charge in [0.1, 0.15) is 11.4 Å². The Balaban J connectivity index is 1.58. The normalized spacial score (nSPS) is 23.1. The highest BCUT2D eigenvalue weighted by Gasteiger charge is 2.42. The molecule has 2 heterocycles. The number of nitrogens with zero attached hydrogens (tertiary/aromatic N) is 2. The van der Waals surface area contributed by atoms with Crippen LogP contribution in [-0.4, -0.2) is 65.9 Å². The minimum absolute atomic E-state index is 0.0156. The molecule has 0 bridgehead atoms. The van der Waals surface area contributed by atoms with Crippen molar-refractivity contribution in [2.45, 2.75) is 51.1 Å². The molecule has 4 rings (SSSR count). The van der Waals surface area contributed by atoms with Gasteiger partial charge in [-0.15, -0.1) is 0 Å². The minimum Gasteiger partial charge on any atom is -0.444 e. The molecular weight excluding hydrogens is 442 g/mol. The molecule has 0 spiro atoms. The highest BCUT2D eigenvalue weighted by Crippen LogP contribution is 2.36. The van der Waals surface area contributed by atoms with Gasteiger partial charge in [-0.3, -0.25) is 4.79 Å². The van der Waals surface area contributed by atoms with Crippen molar-refractivity contribution in [1.29, 1.82) is 0 Å². The van der Waals surface area contributed by atoms with Crippen molar-refractivity contribution in [3.63, 3.8) is 0 Å². The first-order chi connectivity index (χ1) is 16.1. The van der Waals surface area contributed by atoms with Crippen LogP contribution in [0.4, 0.5) is 13.6 Å². The summed E-state index contributed by atoms with van der Waals surface area (Å²) < 4.78 is 40.0. The number of carbonyl (C=O) groups excluding carboxylic acids is 2. The summed E-state index contributed by atoms with van der Waals surface area (Å²) in [6, 6.07) is 13.3. The number of ether oxygens (including phenoxy) is 2. The molecule has 0 saturated carbocycles. The Morgan fingerprint density at radius 3 is 2.47 bits per heavy atom. The third-order valence-electron chi connectivity index (χ3n) is 6.03. The van der Waals surface area contributed by atoms with E-state index in [1.807, 2.05) is 24.3 Å². The Kier molecular flexibility index (Phi) is 6.89. The van der Waals surface area contributed by atoms with Crippen LogP contribution in [0.25, 0.3) is 0 Å². The lowest BCUT2D eigenvalue weighted by atomic mass is 9.87. The van der Waals surface area contributed by atoms with Gasteiger partial charge in [0.25, 0.3) is 5.91 Å². The third-order valence-corrected chi connectivity index (χ3v) is 6.03. The molecule has 182 valence electrons. The van der Waals surface area contributed by atoms with Gasteiger partial charge in [-0.2, -0.15) is 0 Å². The van der Waals surface area contributed by atoms with E-state index in [9.17, 15) is 14.0 Å². The van der Waals surface area contributed by atoms with E-state index in [1.54, 1.807) is 37.8 Å². The van der Waals surface area contributed by atoms with E-state index in [1.165, 1.54) is 17.0 Å². The van der Waals surface area contributed by atoms with Crippen LogP contribution in [0.1, 0.15) is 43.5 Å². The lowest BCUT2D eigenvalue weighted by Gasteiger charge is -2.39. The van der Waals surface area contributed by atoms with E-state index in [4.69, 9.17) is 9.47 Å². The van der Waals surface area contributed by atoms with Crippen molar-refractivity contribution in [1.82, 2.24) is 9.80 Å². The first-order valence-electron chi connectivity index (χ1n) is 11.5. The Morgan fingerprint density at radius 2 is 1.76 bits per heavy atom. The molecule has 3 atom stereocenters. The molecule has 1 fully saturated rings. The number of halogens is 2. The van der Waals surface area contributed by atoms with Gasteiger partial charge in [-0.25, -0.2) is 13.6 Å². The molecule has 1 saturated heterocycles. The second kappa shape index (κ2) is 9.70. The molecular formula is C26H30F2N2O4. The zero-order chi connectivity index (χ0) is 24.5. The topological polar surface area (TPSA) is 59.1 Å². The van der Waals surface area contributed by atoms with Crippen molar-refractivity contribution in [3.8, 4) is 0 Å². The summed E-state index contributed by atoms with van der Waals surface area (Å²) in [5.41, 5.74) is 2.04. The minimum atomic E-state index is -1.71. The Morgan fingerprint density at radius 1 is 1.06 bits per heavy atom. The second-order valence-electron chi connectivity index (χ2n) is 9.67. The molecule has 0 aromatic heterocycles. The van der Waals surface area contributed by atoms with Crippen molar-refractivity contribution in [2.75, 3.05) is 26.2 Å². The van der Waals surface area contributed by atoms with Crippen molar-refractivity contribution in [3.05, 3.63) is 71.0 Å². The van der Waals surface area contributed by atoms with E-state index in [0.717, 1.165) is 16.7 Å². The number of hydrogen-bond donors (Lipinski definition) is 0. The van der Waals surface area contributed by atoms with E-state index in [0.29, 0.717) is 13.0 Å². The zero-order valence-electron chi connectivity index (χ0n) is 19.7. The monoisotopic (exact) mass is 472 g/mol. The SMILES string of the molecule is CC(C)(C)OC(=O)N1CCO[C@@H](C(=O)N2CCc3ccccc3[C@@H]2c2ccc(F)cc2)[C@@H](F)C1. The van der Waals surface area contributed by atoms with Gasteiger partial charge in [-0.1, -0.05) is 36.4 Å². The summed E-state index contributed by atoms with van der Waals surface area (Å²) in [7, 11) is 0. The standard InChI is InChI=1S/C26H30F2N2O4/c1-26(2,3)34-25(32)29-14-15-33-23(21(28)16-29)24(31)30-13-12-17-6-4-5-7-20(17)22(30)18-8-10-19(27)11-9-18/h4-11,21-23H,12-16H2,1-3H3/t21-,22-,23+/m0/s1. The first kappa shape index (κ1) is 24.1. The summed E-state index contributed by atoms with van der Waals surface area (Å²) in [5.74, 6) is -0.855. The molecule has 0 radical (unpaired) electrons. The maximum atomic E-state index is 15.4. The Hall–Kier alpha value is -3.00. The molecule has 0 N–H and O–H groups in total. The fourth-order valence-electron chi connectivity index (χ4n) is 4.48. The lowest BCUT2D eigenvalue weighted by Crippen LogP contribution is -2.50. The van der Waals surface area contributed by atoms with Crippen LogP contribution in [0, 0.1) is 5.82 Å². The molecule has 34 heavy (non-hydrogen) atoms. The predicted molar refractivity (Wildman–Crippen MR) is 123 cm³/mol. The highest BCUT2D eigenvalue weighted by molar-refractivity contribution is 5.83. The van der Waals surface area contributed by atoms with Gasteiger partial charge >= 0.3 is 6.09 Å². The molecule has 2 aromatic rings. The van der Waals surface area contributed by atoms with Crippen LogP contribution in [0.2, 0.25) is 0 Å². The van der Waals surface area contributed by atoms with E-state index in [-0.39, 0.29) is 25.5 Å². The predicted octanol–water partition coefficient (Wildman–Crippen LogP) is 4.27. The van der Waals surface area contributed by atoms with Crippen LogP contribution < -0.4 is 0 Å². The maximum Gasteiger partial charge on any atom is 0.410 e. The molecule has 2 aliphatic heterocycles. The van der Waals surface area contributed by atoms with Crippen molar-refractivity contribution >= 4 is 12.0 Å². The molecule has 0 aliphatic carbocycles. The highest BCUT2D eigenvalue weighted by atomic mass is 19.1. The lowest BCUT2D eigenvalue weighted by molar-refractivity contribution is -0.149. The smallest absolute Gasteiger partial charge is 0.410 e. The summed E-state index contributed by atoms with van der Waals surface area (Å²) in [5, 5.41) is 0. The largest absolute Gasteiger partial charge is 0.444 e. The number of alkyl halides is 1. The summed E-state index contributed by atoms with van der Waals surface area (Å²) in [4.78, 5) is 28.9. The summed E-state index contributed by atoms with van der Waals surface area (Å²) in [6.45, 7) is 5.44. The van der Waals surface area contributed by atoms with Gasteiger partial charge in [-0.05, 0) is 56.0 Å². The molecule has 8 heteroatoms. The maximum absolute atomic E-state index is 15.4. The van der Waals surface area contributed by atoms with E-state index >= 15 is 4.39 Å². The number of carbonyl (C=O) groups is 2. The second-order valence-corrected chi connectivity index (χ2v) is 9.67. The van der Waals surface area contributed by atoms with Crippen LogP contribution in [0.15, 0.2) is 48.5 Å². The quantitative estimate of drug-likeness (QED) is 0.655. The molecule has 2 amide bonds. The average molecular weight is 473 g/mol. The average Bonchev–Trinajstić information content (AvgIpc) is 2.99. The van der Waals surface area contributed by atoms with Crippen LogP contribution >= 0.6 is 0 Å². The molecule has 2 aliphatic rings. The number of amides is 2. The zero-order valence-corrected chi connectivity index (χ0v) is 19.7. The fourth-order valence-corrected chi connectivity index (χ4v) is 4.48. The first-order valence-corrected chi connectivity index (χ1v) is 11.5. The number of benzene rings is 2. The summed E-state index contributed by atoms with van der Waals surface area (Å²) >= 11 is 0. The van der Waals surface area contributed by atoms with Crippen LogP contribution in [0.3, 0.4) is 0 Å². The van der Waals surface area contributed by atoms with Gasteiger partial charge < -0.3 is 19.3 Å². The van der Waals surface area contributed by atoms with Gasteiger partial charge in [0.15, 0.2) is 12.3 Å². The number of rotatable bonds is 2.